The highest BCUT2D eigenvalue weighted by molar-refractivity contribution is 6.33. The van der Waals surface area contributed by atoms with E-state index >= 15 is 0 Å². The summed E-state index contributed by atoms with van der Waals surface area (Å²) in [5.41, 5.74) is 3.99. The van der Waals surface area contributed by atoms with Crippen molar-refractivity contribution in [2.75, 3.05) is 31.1 Å². The molecular formula is C31H39ClN4O4. The van der Waals surface area contributed by atoms with Gasteiger partial charge in [-0.15, -0.1) is 0 Å². The zero-order valence-electron chi connectivity index (χ0n) is 24.4. The standard InChI is InChI=1S/C31H39ClN4O4/c1-20-22(19-33-28(37)39-30(2,3)4)9-8-10-24(20)21-11-12-26-23(17-21)18-25(32)27(34-26)35-13-15-36(16-14-35)29(38)40-31(5,6)7/h8-12,17-18H,13-16,19H2,1-7H3,(H,33,37). The van der Waals surface area contributed by atoms with E-state index in [2.05, 4.69) is 35.3 Å². The molecule has 1 saturated heterocycles. The number of halogens is 1. The predicted octanol–water partition coefficient (Wildman–Crippen LogP) is 6.95. The van der Waals surface area contributed by atoms with Gasteiger partial charge in [-0.3, -0.25) is 0 Å². The normalized spacial score (nSPS) is 14.3. The second-order valence-corrected chi connectivity index (χ2v) is 12.5. The zero-order chi connectivity index (χ0) is 29.2. The van der Waals surface area contributed by atoms with Crippen LogP contribution in [-0.2, 0) is 16.0 Å². The SMILES string of the molecule is Cc1c(CNC(=O)OC(C)(C)C)cccc1-c1ccc2nc(N3CCN(C(=O)OC(C)(C)C)CC3)c(Cl)cc2c1. The van der Waals surface area contributed by atoms with Gasteiger partial charge in [-0.05, 0) is 88.9 Å². The number of benzene rings is 2. The summed E-state index contributed by atoms with van der Waals surface area (Å²) in [5.74, 6) is 0.720. The molecule has 40 heavy (non-hydrogen) atoms. The van der Waals surface area contributed by atoms with Crippen LogP contribution in [0.3, 0.4) is 0 Å². The van der Waals surface area contributed by atoms with Gasteiger partial charge in [-0.25, -0.2) is 14.6 Å². The fourth-order valence-corrected chi connectivity index (χ4v) is 4.91. The van der Waals surface area contributed by atoms with Crippen molar-refractivity contribution in [3.63, 3.8) is 0 Å². The fraction of sp³-hybridized carbons (Fsp3) is 0.452. The van der Waals surface area contributed by atoms with Crippen molar-refractivity contribution in [3.05, 3.63) is 58.6 Å². The first kappa shape index (κ1) is 29.5. The Balaban J connectivity index is 1.49. The van der Waals surface area contributed by atoms with Gasteiger partial charge in [0.25, 0.3) is 0 Å². The first-order valence-corrected chi connectivity index (χ1v) is 14.0. The van der Waals surface area contributed by atoms with Crippen LogP contribution in [0.4, 0.5) is 15.4 Å². The molecule has 0 radical (unpaired) electrons. The first-order chi connectivity index (χ1) is 18.7. The number of hydrogen-bond acceptors (Lipinski definition) is 6. The monoisotopic (exact) mass is 566 g/mol. The summed E-state index contributed by atoms with van der Waals surface area (Å²) in [6.07, 6.45) is -0.733. The molecule has 1 aliphatic rings. The Labute approximate surface area is 241 Å². The molecule has 214 valence electrons. The second-order valence-electron chi connectivity index (χ2n) is 12.1. The third kappa shape index (κ3) is 7.36. The zero-order valence-corrected chi connectivity index (χ0v) is 25.2. The van der Waals surface area contributed by atoms with Gasteiger partial charge in [0, 0.05) is 38.1 Å². The van der Waals surface area contributed by atoms with Crippen LogP contribution in [0.15, 0.2) is 42.5 Å². The van der Waals surface area contributed by atoms with Crippen molar-refractivity contribution in [1.29, 1.82) is 0 Å². The molecule has 4 rings (SSSR count). The van der Waals surface area contributed by atoms with Gasteiger partial charge in [-0.1, -0.05) is 35.9 Å². The summed E-state index contributed by atoms with van der Waals surface area (Å²) in [7, 11) is 0. The molecule has 8 nitrogen and oxygen atoms in total. The molecule has 1 fully saturated rings. The van der Waals surface area contributed by atoms with Crippen LogP contribution < -0.4 is 10.2 Å². The minimum Gasteiger partial charge on any atom is -0.444 e. The lowest BCUT2D eigenvalue weighted by molar-refractivity contribution is 0.0240. The Morgan fingerprint density at radius 1 is 0.950 bits per heavy atom. The Kier molecular flexibility index (Phi) is 8.49. The Morgan fingerprint density at radius 2 is 1.62 bits per heavy atom. The molecule has 1 N–H and O–H groups in total. The highest BCUT2D eigenvalue weighted by Gasteiger charge is 2.27. The number of piperazine rings is 1. The number of alkyl carbamates (subject to hydrolysis) is 1. The van der Waals surface area contributed by atoms with E-state index in [0.29, 0.717) is 37.7 Å². The average Bonchev–Trinajstić information content (AvgIpc) is 2.85. The highest BCUT2D eigenvalue weighted by atomic mass is 35.5. The van der Waals surface area contributed by atoms with Crippen LogP contribution in [0.5, 0.6) is 0 Å². The maximum Gasteiger partial charge on any atom is 0.410 e. The molecule has 0 unspecified atom stereocenters. The van der Waals surface area contributed by atoms with E-state index < -0.39 is 17.3 Å². The van der Waals surface area contributed by atoms with Crippen LogP contribution in [0.1, 0.15) is 52.7 Å². The number of nitrogens with one attached hydrogen (secondary N) is 1. The number of amides is 2. The van der Waals surface area contributed by atoms with E-state index in [1.165, 1.54) is 0 Å². The smallest absolute Gasteiger partial charge is 0.410 e. The van der Waals surface area contributed by atoms with E-state index in [4.69, 9.17) is 26.1 Å². The number of pyridine rings is 1. The topological polar surface area (TPSA) is 84.0 Å². The van der Waals surface area contributed by atoms with Crippen molar-refractivity contribution in [1.82, 2.24) is 15.2 Å². The van der Waals surface area contributed by atoms with E-state index in [-0.39, 0.29) is 6.09 Å². The first-order valence-electron chi connectivity index (χ1n) is 13.6. The van der Waals surface area contributed by atoms with E-state index in [1.807, 2.05) is 65.8 Å². The molecule has 9 heteroatoms. The van der Waals surface area contributed by atoms with Crippen molar-refractivity contribution in [3.8, 4) is 11.1 Å². The summed E-state index contributed by atoms with van der Waals surface area (Å²) in [4.78, 5) is 33.3. The summed E-state index contributed by atoms with van der Waals surface area (Å²) < 4.78 is 10.9. The molecule has 2 aromatic carbocycles. The number of hydrogen-bond donors (Lipinski definition) is 1. The number of nitrogens with zero attached hydrogens (tertiary/aromatic N) is 3. The molecular weight excluding hydrogens is 528 g/mol. The molecule has 1 aliphatic heterocycles. The van der Waals surface area contributed by atoms with Gasteiger partial charge in [0.1, 0.15) is 17.0 Å². The summed E-state index contributed by atoms with van der Waals surface area (Å²) >= 11 is 6.73. The van der Waals surface area contributed by atoms with Crippen LogP contribution >= 0.6 is 11.6 Å². The molecule has 3 aromatic rings. The van der Waals surface area contributed by atoms with Crippen LogP contribution in [0, 0.1) is 6.92 Å². The van der Waals surface area contributed by atoms with Gasteiger partial charge in [0.05, 0.1) is 10.5 Å². The van der Waals surface area contributed by atoms with E-state index in [0.717, 1.165) is 39.0 Å². The number of fused-ring (bicyclic) bond motifs is 1. The Hall–Kier alpha value is -3.52. The predicted molar refractivity (Wildman–Crippen MR) is 160 cm³/mol. The summed E-state index contributed by atoms with van der Waals surface area (Å²) in [6, 6.07) is 14.2. The molecule has 1 aromatic heterocycles. The van der Waals surface area contributed by atoms with Gasteiger partial charge < -0.3 is 24.6 Å². The maximum absolute atomic E-state index is 12.4. The molecule has 2 heterocycles. The van der Waals surface area contributed by atoms with Crippen molar-refractivity contribution in [2.24, 2.45) is 0 Å². The Bertz CT molecular complexity index is 1400. The quantitative estimate of drug-likeness (QED) is 0.368. The molecule has 0 spiro atoms. The van der Waals surface area contributed by atoms with E-state index in [1.54, 1.807) is 4.90 Å². The van der Waals surface area contributed by atoms with Crippen LogP contribution in [-0.4, -0.2) is 59.5 Å². The minimum atomic E-state index is -0.546. The van der Waals surface area contributed by atoms with Crippen molar-refractivity contribution < 1.29 is 19.1 Å². The number of carbonyl (C=O) groups excluding carboxylic acids is 2. The molecule has 0 bridgehead atoms. The van der Waals surface area contributed by atoms with Crippen molar-refractivity contribution in [2.45, 2.75) is 66.2 Å². The maximum atomic E-state index is 12.4. The number of rotatable bonds is 4. The lowest BCUT2D eigenvalue weighted by Crippen LogP contribution is -2.50. The van der Waals surface area contributed by atoms with Gasteiger partial charge >= 0.3 is 12.2 Å². The number of anilines is 1. The number of carbonyl (C=O) groups is 2. The Morgan fingerprint density at radius 3 is 2.27 bits per heavy atom. The lowest BCUT2D eigenvalue weighted by atomic mass is 9.95. The highest BCUT2D eigenvalue weighted by Crippen LogP contribution is 2.33. The fourth-order valence-electron chi connectivity index (χ4n) is 4.63. The third-order valence-corrected chi connectivity index (χ3v) is 6.84. The van der Waals surface area contributed by atoms with Gasteiger partial charge in [0.15, 0.2) is 0 Å². The number of aromatic nitrogens is 1. The van der Waals surface area contributed by atoms with Crippen LogP contribution in [0.2, 0.25) is 5.02 Å². The molecule has 0 saturated carbocycles. The van der Waals surface area contributed by atoms with E-state index in [9.17, 15) is 9.59 Å². The third-order valence-electron chi connectivity index (χ3n) is 6.56. The molecule has 0 atom stereocenters. The summed E-state index contributed by atoms with van der Waals surface area (Å²) in [6.45, 7) is 15.9. The molecule has 2 amide bonds. The molecule has 0 aliphatic carbocycles. The van der Waals surface area contributed by atoms with Gasteiger partial charge in [0.2, 0.25) is 0 Å². The summed E-state index contributed by atoms with van der Waals surface area (Å²) in [5, 5.41) is 4.36. The van der Waals surface area contributed by atoms with Crippen LogP contribution in [0.25, 0.3) is 22.0 Å². The number of ether oxygens (including phenoxy) is 2. The van der Waals surface area contributed by atoms with Gasteiger partial charge in [-0.2, -0.15) is 0 Å². The second kappa shape index (κ2) is 11.5. The average molecular weight is 567 g/mol. The van der Waals surface area contributed by atoms with Crippen molar-refractivity contribution >= 4 is 40.5 Å². The largest absolute Gasteiger partial charge is 0.444 e. The lowest BCUT2D eigenvalue weighted by Gasteiger charge is -2.36. The minimum absolute atomic E-state index is 0.294.